The molecule has 0 amide bonds. The van der Waals surface area contributed by atoms with Crippen LogP contribution in [0.4, 0.5) is 20.3 Å². The zero-order valence-electron chi connectivity index (χ0n) is 33.6. The van der Waals surface area contributed by atoms with Crippen molar-refractivity contribution in [2.75, 3.05) is 64.3 Å². The Morgan fingerprint density at radius 2 is 1.42 bits per heavy atom. The molecule has 1 aromatic carbocycles. The predicted molar refractivity (Wildman–Crippen MR) is 225 cm³/mol. The van der Waals surface area contributed by atoms with Crippen molar-refractivity contribution in [2.45, 2.75) is 61.6 Å². The van der Waals surface area contributed by atoms with Crippen LogP contribution in [0.25, 0.3) is 32.8 Å². The maximum absolute atomic E-state index is 16.8. The van der Waals surface area contributed by atoms with Gasteiger partial charge in [0.25, 0.3) is 7.47 Å². The molecule has 4 N–H and O–H groups in total. The monoisotopic (exact) mass is 948 g/mol. The van der Waals surface area contributed by atoms with Crippen LogP contribution in [0.2, 0.25) is 0 Å². The van der Waals surface area contributed by atoms with Crippen LogP contribution >= 0.6 is 25.7 Å². The smallest absolute Gasteiger partial charge is 0.389 e. The summed E-state index contributed by atoms with van der Waals surface area (Å²) in [4.78, 5) is 23.4. The van der Waals surface area contributed by atoms with E-state index in [0.717, 1.165) is 23.3 Å². The Hall–Kier alpha value is -4.33. The van der Waals surface area contributed by atoms with Crippen molar-refractivity contribution in [1.82, 2.24) is 34.1 Å². The standard InChI is InChI=1S/C35H41BF2N12O11P2S/c36-62(51)56-14-23-30(26(38)35(58-23)49-18-45-27-22(39)5-6-42-32(27)49)61-63(52,64-16-21-3-1-20(2-4-21)13-55-12-11-54-10-9-53-8-7-47-48-41)57-15-24-29(60-62)25(37)34(59-24)50-19-46-28-31(40)43-17-44-33(28)50/h1-6,17-19,23-26,29-30,34-35H,7-16H2,(H2,39,42)(H2,40,43,44)/t23-,24-,25-,26-,29-,30-,34-,35-,62-,63-/m1/s1. The summed E-state index contributed by atoms with van der Waals surface area (Å²) >= 11 is 0.742. The van der Waals surface area contributed by atoms with Gasteiger partial charge < -0.3 is 44.2 Å². The first kappa shape index (κ1) is 46.2. The number of ether oxygens (including phenoxy) is 5. The van der Waals surface area contributed by atoms with Crippen molar-refractivity contribution in [3.8, 4) is 0 Å². The van der Waals surface area contributed by atoms with E-state index in [1.807, 2.05) is 12.1 Å². The van der Waals surface area contributed by atoms with E-state index in [9.17, 15) is 9.13 Å². The highest BCUT2D eigenvalue weighted by molar-refractivity contribution is 8.54. The predicted octanol–water partition coefficient (Wildman–Crippen LogP) is 4.90. The van der Waals surface area contributed by atoms with Gasteiger partial charge in [0, 0.05) is 23.4 Å². The summed E-state index contributed by atoms with van der Waals surface area (Å²) < 4.78 is 116. The van der Waals surface area contributed by atoms with Crippen LogP contribution in [0.15, 0.2) is 60.6 Å². The lowest BCUT2D eigenvalue weighted by Crippen LogP contribution is -2.37. The van der Waals surface area contributed by atoms with Gasteiger partial charge in [0.05, 0.1) is 71.2 Å². The Morgan fingerprint density at radius 3 is 2.12 bits per heavy atom. The van der Waals surface area contributed by atoms with E-state index < -0.39 is 76.7 Å². The fourth-order valence-corrected chi connectivity index (χ4v) is 11.4. The van der Waals surface area contributed by atoms with E-state index in [1.165, 1.54) is 34.1 Å². The molecular weight excluding hydrogens is 907 g/mol. The molecule has 0 bridgehead atoms. The van der Waals surface area contributed by atoms with Gasteiger partial charge in [-0.3, -0.25) is 22.7 Å². The topological polar surface area (TPSA) is 292 Å². The van der Waals surface area contributed by atoms with Crippen LogP contribution in [0.5, 0.6) is 0 Å². The number of rotatable bonds is 16. The molecular formula is C35H41BF2N12O11P2S. The maximum Gasteiger partial charge on any atom is 0.389 e. The molecule has 10 atom stereocenters. The van der Waals surface area contributed by atoms with Crippen LogP contribution in [0.1, 0.15) is 23.6 Å². The summed E-state index contributed by atoms with van der Waals surface area (Å²) in [7, 11) is 1.35. The number of hydrogen-bond donors (Lipinski definition) is 2. The zero-order valence-corrected chi connectivity index (χ0v) is 36.2. The molecule has 3 fully saturated rings. The van der Waals surface area contributed by atoms with Gasteiger partial charge in [-0.05, 0) is 34.1 Å². The Bertz CT molecular complexity index is 2550. The van der Waals surface area contributed by atoms with E-state index in [2.05, 4.69) is 34.9 Å². The zero-order chi connectivity index (χ0) is 44.8. The number of anilines is 2. The maximum atomic E-state index is 16.8. The molecule has 3 aliphatic rings. The first-order valence-corrected chi connectivity index (χ1v) is 24.4. The highest BCUT2D eigenvalue weighted by Crippen LogP contribution is 2.65. The van der Waals surface area contributed by atoms with Gasteiger partial charge in [-0.15, -0.1) is 0 Å². The minimum Gasteiger partial charge on any atom is -0.397 e. The molecule has 0 saturated carbocycles. The molecule has 64 heavy (non-hydrogen) atoms. The number of imidazole rings is 2. The number of alkyl halides is 2. The van der Waals surface area contributed by atoms with Gasteiger partial charge in [0.2, 0.25) is 7.57 Å². The molecule has 0 spiro atoms. The number of nitrogen functional groups attached to an aromatic ring is 2. The van der Waals surface area contributed by atoms with Gasteiger partial charge in [-0.2, -0.15) is 0 Å². The Kier molecular flexibility index (Phi) is 14.8. The number of benzene rings is 1. The molecule has 0 unspecified atom stereocenters. The molecule has 3 aliphatic heterocycles. The summed E-state index contributed by atoms with van der Waals surface area (Å²) in [5, 5.41) is 3.39. The van der Waals surface area contributed by atoms with Gasteiger partial charge in [-0.1, -0.05) is 29.4 Å². The van der Waals surface area contributed by atoms with Crippen molar-refractivity contribution in [1.29, 1.82) is 0 Å². The average molecular weight is 949 g/mol. The van der Waals surface area contributed by atoms with E-state index in [0.29, 0.717) is 38.6 Å². The van der Waals surface area contributed by atoms with E-state index in [1.54, 1.807) is 12.1 Å². The third-order valence-corrected chi connectivity index (χ3v) is 14.8. The number of nitrogens with two attached hydrogens (primary N) is 2. The summed E-state index contributed by atoms with van der Waals surface area (Å²) in [6.07, 6.45) is -8.30. The lowest BCUT2D eigenvalue weighted by atomic mass is 10.1. The average Bonchev–Trinajstić information content (AvgIpc) is 4.05. The van der Waals surface area contributed by atoms with Crippen molar-refractivity contribution in [3.05, 3.63) is 77.1 Å². The van der Waals surface area contributed by atoms with E-state index in [-0.39, 0.29) is 52.7 Å². The van der Waals surface area contributed by atoms with Gasteiger partial charge in [0.1, 0.15) is 41.8 Å². The second kappa shape index (κ2) is 20.5. The molecule has 3 saturated heterocycles. The molecule has 0 aliphatic carbocycles. The molecule has 340 valence electrons. The summed E-state index contributed by atoms with van der Waals surface area (Å²) in [5.74, 6) is 0.0759. The van der Waals surface area contributed by atoms with Crippen molar-refractivity contribution in [2.24, 2.45) is 5.11 Å². The van der Waals surface area contributed by atoms with Crippen LogP contribution in [0, 0.1) is 0 Å². The number of nitrogens with zero attached hydrogens (tertiary/aromatic N) is 10. The fourth-order valence-electron chi connectivity index (χ4n) is 7.01. The van der Waals surface area contributed by atoms with Crippen molar-refractivity contribution < 1.29 is 59.7 Å². The molecule has 29 heteroatoms. The SMILES string of the molecule is [B][P@@]1(=O)OC[C@H]2O[C@@H](n3cnc4c(N)ccnc43)[C@H](F)[C@@H]2O[P@](=O)(SCc2ccc(COCCOCCOCCN=[N+]=[N-])cc2)OC[C@H]2O[C@@H](n3cnc4c(N)ncnc43)[C@H](F)[C@@H]2O1. The molecule has 23 nitrogen and oxygen atoms in total. The summed E-state index contributed by atoms with van der Waals surface area (Å²) in [6.45, 7) is -3.63. The quantitative estimate of drug-likeness (QED) is 0.0332. The summed E-state index contributed by atoms with van der Waals surface area (Å²) in [5.41, 5.74) is 22.9. The Balaban J connectivity index is 0.984. The molecule has 4 aromatic heterocycles. The highest BCUT2D eigenvalue weighted by Gasteiger charge is 2.54. The number of halogens is 2. The van der Waals surface area contributed by atoms with Crippen molar-refractivity contribution >= 4 is 67.1 Å². The second-order valence-electron chi connectivity index (χ2n) is 14.4. The van der Waals surface area contributed by atoms with Crippen molar-refractivity contribution in [3.63, 3.8) is 0 Å². The third kappa shape index (κ3) is 10.5. The highest BCUT2D eigenvalue weighted by atomic mass is 32.7. The van der Waals surface area contributed by atoms with Gasteiger partial charge >= 0.3 is 6.80 Å². The molecule has 8 rings (SSSR count). The number of fused-ring (bicyclic) bond motifs is 4. The third-order valence-electron chi connectivity index (χ3n) is 10.1. The largest absolute Gasteiger partial charge is 0.397 e. The van der Waals surface area contributed by atoms with E-state index in [4.69, 9.17) is 66.3 Å². The second-order valence-corrected chi connectivity index (χ2v) is 19.9. The first-order chi connectivity index (χ1) is 30.9. The number of aromatic nitrogens is 7. The first-order valence-electron chi connectivity index (χ1n) is 19.6. The lowest BCUT2D eigenvalue weighted by Gasteiger charge is -2.30. The van der Waals surface area contributed by atoms with Crippen LogP contribution < -0.4 is 11.5 Å². The minimum absolute atomic E-state index is 0.0326. The van der Waals surface area contributed by atoms with E-state index >= 15 is 8.78 Å². The number of hydrogen-bond acceptors (Lipinski definition) is 20. The summed E-state index contributed by atoms with van der Waals surface area (Å²) in [6, 6.07) is 8.75. The minimum atomic E-state index is -4.67. The number of azide groups is 1. The molecule has 5 aromatic rings. The van der Waals surface area contributed by atoms with Crippen LogP contribution in [0.3, 0.4) is 0 Å². The fraction of sp³-hybridized carbons (Fsp3) is 0.514. The Morgan fingerprint density at radius 1 is 0.812 bits per heavy atom. The molecule has 2 radical (unpaired) electrons. The van der Waals surface area contributed by atoms with Gasteiger partial charge in [0.15, 0.2) is 41.9 Å². The van der Waals surface area contributed by atoms with Gasteiger partial charge in [-0.25, -0.2) is 38.3 Å². The molecule has 7 heterocycles. The normalized spacial score (nSPS) is 29.8. The Labute approximate surface area is 367 Å². The van der Waals surface area contributed by atoms with Crippen LogP contribution in [-0.2, 0) is 63.3 Å². The number of pyridine rings is 1. The van der Waals surface area contributed by atoms with Crippen LogP contribution in [-0.4, -0.2) is 131 Å². The lowest BCUT2D eigenvalue weighted by molar-refractivity contribution is -0.0546.